The van der Waals surface area contributed by atoms with Gasteiger partial charge in [0.2, 0.25) is 5.95 Å². The minimum atomic E-state index is -0.196. The Morgan fingerprint density at radius 2 is 1.59 bits per heavy atom. The molecule has 9 nitrogen and oxygen atoms in total. The fourth-order valence-electron chi connectivity index (χ4n) is 5.55. The summed E-state index contributed by atoms with van der Waals surface area (Å²) in [5.41, 5.74) is 3.92. The second-order valence-electron chi connectivity index (χ2n) is 10.5. The number of aliphatic hydroxyl groups is 1. The van der Waals surface area contributed by atoms with Crippen LogP contribution in [0.25, 0.3) is 22.3 Å². The number of anilines is 2. The lowest BCUT2D eigenvalue weighted by Gasteiger charge is -2.37. The normalized spacial score (nSPS) is 25.2. The van der Waals surface area contributed by atoms with Crippen molar-refractivity contribution in [3.05, 3.63) is 42.0 Å². The lowest BCUT2D eigenvalue weighted by atomic mass is 10.1. The zero-order chi connectivity index (χ0) is 25.4. The number of nitrogens with zero attached hydrogens (tertiary/aromatic N) is 6. The average Bonchev–Trinajstić information content (AvgIpc) is 3.33. The highest BCUT2D eigenvalue weighted by Crippen LogP contribution is 2.31. The predicted molar refractivity (Wildman–Crippen MR) is 144 cm³/mol. The molecular weight excluding hydrogens is 468 g/mol. The van der Waals surface area contributed by atoms with Gasteiger partial charge >= 0.3 is 0 Å². The average molecular weight is 505 g/mol. The van der Waals surface area contributed by atoms with Gasteiger partial charge in [0.25, 0.3) is 0 Å². The van der Waals surface area contributed by atoms with E-state index in [1.165, 1.54) is 5.56 Å². The Balaban J connectivity index is 1.34. The van der Waals surface area contributed by atoms with Crippen molar-refractivity contribution in [1.29, 1.82) is 0 Å². The first kappa shape index (κ1) is 24.5. The molecule has 3 aromatic rings. The molecule has 3 aliphatic heterocycles. The van der Waals surface area contributed by atoms with Gasteiger partial charge in [-0.2, -0.15) is 9.97 Å². The maximum Gasteiger partial charge on any atom is 0.229 e. The van der Waals surface area contributed by atoms with Crippen molar-refractivity contribution in [2.45, 2.75) is 45.0 Å². The Kier molecular flexibility index (Phi) is 6.94. The van der Waals surface area contributed by atoms with E-state index in [9.17, 15) is 5.11 Å². The van der Waals surface area contributed by atoms with Crippen LogP contribution in [0.5, 0.6) is 0 Å². The molecule has 9 heteroatoms. The van der Waals surface area contributed by atoms with Crippen LogP contribution < -0.4 is 9.80 Å². The second-order valence-corrected chi connectivity index (χ2v) is 10.5. The topological polar surface area (TPSA) is 87.1 Å². The minimum Gasteiger partial charge on any atom is -0.392 e. The maximum absolute atomic E-state index is 9.81. The van der Waals surface area contributed by atoms with Crippen molar-refractivity contribution < 1.29 is 14.6 Å². The molecule has 0 aliphatic carbocycles. The van der Waals surface area contributed by atoms with Crippen molar-refractivity contribution in [2.75, 3.05) is 62.4 Å². The Hall–Kier alpha value is -2.85. The van der Waals surface area contributed by atoms with Gasteiger partial charge in [0.15, 0.2) is 5.65 Å². The van der Waals surface area contributed by atoms with Gasteiger partial charge in [-0.25, -0.2) is 4.98 Å². The van der Waals surface area contributed by atoms with E-state index in [1.807, 2.05) is 0 Å². The minimum absolute atomic E-state index is 0.196. The first-order valence-corrected chi connectivity index (χ1v) is 13.4. The zero-order valence-electron chi connectivity index (χ0n) is 21.7. The van der Waals surface area contributed by atoms with Gasteiger partial charge in [0.1, 0.15) is 5.82 Å². The standard InChI is InChI=1S/C28H36N6O3/c1-19-17-36-13-11-33(19)27-24-7-8-25(22-5-3-21(4-6-22)15-32-10-9-23(35)16-32)29-26(24)30-28(31-27)34-12-14-37-18-20(34)2/h3-8,19-20,23,35H,9-18H2,1-2H3/t19-,20-,23?/m0/s1. The molecule has 2 aromatic heterocycles. The number of aliphatic hydroxyl groups excluding tert-OH is 1. The highest BCUT2D eigenvalue weighted by molar-refractivity contribution is 5.90. The van der Waals surface area contributed by atoms with Gasteiger partial charge in [0.05, 0.1) is 55.7 Å². The Labute approximate surface area is 218 Å². The van der Waals surface area contributed by atoms with E-state index in [-0.39, 0.29) is 18.2 Å². The number of hydrogen-bond donors (Lipinski definition) is 1. The van der Waals surface area contributed by atoms with Crippen molar-refractivity contribution in [3.8, 4) is 11.3 Å². The molecule has 0 amide bonds. The van der Waals surface area contributed by atoms with Gasteiger partial charge in [-0.3, -0.25) is 4.90 Å². The van der Waals surface area contributed by atoms with E-state index in [4.69, 9.17) is 24.4 Å². The number of ether oxygens (including phenoxy) is 2. The third-order valence-electron chi connectivity index (χ3n) is 7.70. The van der Waals surface area contributed by atoms with Crippen molar-refractivity contribution in [2.24, 2.45) is 0 Å². The maximum atomic E-state index is 9.81. The van der Waals surface area contributed by atoms with E-state index in [0.29, 0.717) is 38.0 Å². The van der Waals surface area contributed by atoms with E-state index in [0.717, 1.165) is 61.6 Å². The number of aromatic nitrogens is 3. The van der Waals surface area contributed by atoms with Gasteiger partial charge in [-0.05, 0) is 38.0 Å². The number of β-amino-alcohol motifs (C(OH)–C–C–N with tert-alkyl or cyclic N) is 1. The Morgan fingerprint density at radius 3 is 2.27 bits per heavy atom. The fourth-order valence-corrected chi connectivity index (χ4v) is 5.55. The third kappa shape index (κ3) is 5.13. The molecule has 1 unspecified atom stereocenters. The molecule has 0 saturated carbocycles. The second kappa shape index (κ2) is 10.5. The molecule has 37 heavy (non-hydrogen) atoms. The summed E-state index contributed by atoms with van der Waals surface area (Å²) in [7, 11) is 0. The summed E-state index contributed by atoms with van der Waals surface area (Å²) in [6.07, 6.45) is 0.663. The largest absolute Gasteiger partial charge is 0.392 e. The quantitative estimate of drug-likeness (QED) is 0.564. The van der Waals surface area contributed by atoms with E-state index in [2.05, 4.69) is 64.9 Å². The molecule has 3 fully saturated rings. The molecule has 1 N–H and O–H groups in total. The van der Waals surface area contributed by atoms with Crippen LogP contribution >= 0.6 is 0 Å². The van der Waals surface area contributed by atoms with Crippen LogP contribution in [0.2, 0.25) is 0 Å². The third-order valence-corrected chi connectivity index (χ3v) is 7.70. The Bertz CT molecular complexity index is 1240. The molecule has 3 saturated heterocycles. The Morgan fingerprint density at radius 1 is 0.865 bits per heavy atom. The van der Waals surface area contributed by atoms with Crippen molar-refractivity contribution in [1.82, 2.24) is 19.9 Å². The number of rotatable bonds is 5. The van der Waals surface area contributed by atoms with E-state index in [1.54, 1.807) is 0 Å². The number of fused-ring (bicyclic) bond motifs is 1. The first-order valence-electron chi connectivity index (χ1n) is 13.4. The number of benzene rings is 1. The van der Waals surface area contributed by atoms with Crippen LogP contribution in [0.15, 0.2) is 36.4 Å². The highest BCUT2D eigenvalue weighted by atomic mass is 16.5. The molecule has 6 rings (SSSR count). The predicted octanol–water partition coefficient (Wildman–Crippen LogP) is 2.71. The SMILES string of the molecule is C[C@H]1COCCN1c1nc(N2CCOC[C@@H]2C)c2ccc(-c3ccc(CN4CCC(O)C4)cc3)nc2n1. The van der Waals surface area contributed by atoms with Gasteiger partial charge in [-0.1, -0.05) is 24.3 Å². The molecule has 3 aliphatic rings. The van der Waals surface area contributed by atoms with Crippen LogP contribution in [-0.4, -0.2) is 95.8 Å². The van der Waals surface area contributed by atoms with Gasteiger partial charge in [0, 0.05) is 38.3 Å². The number of pyridine rings is 1. The van der Waals surface area contributed by atoms with Crippen molar-refractivity contribution >= 4 is 22.8 Å². The lowest BCUT2D eigenvalue weighted by molar-refractivity contribution is 0.0973. The summed E-state index contributed by atoms with van der Waals surface area (Å²) in [6.45, 7) is 11.2. The van der Waals surface area contributed by atoms with Crippen LogP contribution in [-0.2, 0) is 16.0 Å². The summed E-state index contributed by atoms with van der Waals surface area (Å²) < 4.78 is 11.4. The summed E-state index contributed by atoms with van der Waals surface area (Å²) >= 11 is 0. The molecule has 0 radical (unpaired) electrons. The fraction of sp³-hybridized carbons (Fsp3) is 0.536. The summed E-state index contributed by atoms with van der Waals surface area (Å²) in [6, 6.07) is 13.2. The summed E-state index contributed by atoms with van der Waals surface area (Å²) in [4.78, 5) is 22.0. The number of hydrogen-bond acceptors (Lipinski definition) is 9. The number of morpholine rings is 2. The van der Waals surface area contributed by atoms with Crippen LogP contribution in [0.4, 0.5) is 11.8 Å². The number of likely N-dealkylation sites (tertiary alicyclic amines) is 1. The smallest absolute Gasteiger partial charge is 0.229 e. The van der Waals surface area contributed by atoms with E-state index < -0.39 is 0 Å². The van der Waals surface area contributed by atoms with Gasteiger partial charge in [-0.15, -0.1) is 0 Å². The molecular formula is C28H36N6O3. The van der Waals surface area contributed by atoms with Gasteiger partial charge < -0.3 is 24.4 Å². The summed E-state index contributed by atoms with van der Waals surface area (Å²) in [5, 5.41) is 10.8. The molecule has 196 valence electrons. The molecule has 0 spiro atoms. The lowest BCUT2D eigenvalue weighted by Crippen LogP contribution is -2.46. The van der Waals surface area contributed by atoms with Crippen LogP contribution in [0.1, 0.15) is 25.8 Å². The summed E-state index contributed by atoms with van der Waals surface area (Å²) in [5.74, 6) is 1.64. The molecule has 0 bridgehead atoms. The van der Waals surface area contributed by atoms with Crippen molar-refractivity contribution in [3.63, 3.8) is 0 Å². The zero-order valence-corrected chi connectivity index (χ0v) is 21.7. The first-order chi connectivity index (χ1) is 18.0. The van der Waals surface area contributed by atoms with Crippen LogP contribution in [0.3, 0.4) is 0 Å². The molecule has 5 heterocycles. The monoisotopic (exact) mass is 504 g/mol. The van der Waals surface area contributed by atoms with E-state index >= 15 is 0 Å². The van der Waals surface area contributed by atoms with Crippen LogP contribution in [0, 0.1) is 0 Å². The highest BCUT2D eigenvalue weighted by Gasteiger charge is 2.27. The molecule has 3 atom stereocenters. The molecule has 1 aromatic carbocycles.